The van der Waals surface area contributed by atoms with E-state index in [-0.39, 0.29) is 0 Å². The number of aromatic amines is 1. The Bertz CT molecular complexity index is 439. The number of nitrogens with one attached hydrogen (secondary N) is 1. The van der Waals surface area contributed by atoms with E-state index in [1.165, 1.54) is 0 Å². The Morgan fingerprint density at radius 2 is 2.36 bits per heavy atom. The molecule has 0 spiro atoms. The summed E-state index contributed by atoms with van der Waals surface area (Å²) in [7, 11) is 0. The van der Waals surface area contributed by atoms with E-state index in [0.29, 0.717) is 17.5 Å². The number of halogens is 1. The molecular formula is C10H11ClN2O. The molecule has 0 aliphatic heterocycles. The van der Waals surface area contributed by atoms with Crippen molar-refractivity contribution in [2.75, 3.05) is 6.61 Å². The number of hydrogen-bond acceptors (Lipinski definition) is 2. The third-order valence-electron chi connectivity index (χ3n) is 1.93. The molecule has 2 rings (SSSR count). The van der Waals surface area contributed by atoms with Crippen LogP contribution in [0.1, 0.15) is 13.3 Å². The predicted octanol–water partition coefficient (Wildman–Crippen LogP) is 3.01. The third kappa shape index (κ3) is 1.68. The van der Waals surface area contributed by atoms with Gasteiger partial charge in [-0.2, -0.15) is 0 Å². The fourth-order valence-corrected chi connectivity index (χ4v) is 1.45. The molecule has 0 bridgehead atoms. The maximum Gasteiger partial charge on any atom is 0.240 e. The molecule has 0 atom stereocenters. The molecule has 2 aromatic rings. The largest absolute Gasteiger partial charge is 0.476 e. The van der Waals surface area contributed by atoms with Gasteiger partial charge in [0, 0.05) is 5.02 Å². The van der Waals surface area contributed by atoms with E-state index in [9.17, 15) is 0 Å². The first-order valence-corrected chi connectivity index (χ1v) is 4.95. The molecule has 14 heavy (non-hydrogen) atoms. The van der Waals surface area contributed by atoms with Gasteiger partial charge in [-0.15, -0.1) is 5.10 Å². The lowest BCUT2D eigenvalue weighted by atomic mass is 10.2. The van der Waals surface area contributed by atoms with Gasteiger partial charge in [0.15, 0.2) is 0 Å². The lowest BCUT2D eigenvalue weighted by Crippen LogP contribution is -1.95. The second-order valence-corrected chi connectivity index (χ2v) is 3.50. The van der Waals surface area contributed by atoms with Crippen LogP contribution in [0.3, 0.4) is 0 Å². The molecule has 1 aromatic carbocycles. The number of ether oxygens (including phenoxy) is 1. The van der Waals surface area contributed by atoms with Gasteiger partial charge in [-0.25, -0.2) is 0 Å². The van der Waals surface area contributed by atoms with Gasteiger partial charge in [0.25, 0.3) is 0 Å². The minimum atomic E-state index is 0.651. The molecule has 0 fully saturated rings. The Kier molecular flexibility index (Phi) is 2.59. The van der Waals surface area contributed by atoms with Crippen LogP contribution in [0.5, 0.6) is 5.88 Å². The molecule has 4 heteroatoms. The Balaban J connectivity index is 2.37. The van der Waals surface area contributed by atoms with E-state index >= 15 is 0 Å². The van der Waals surface area contributed by atoms with Crippen molar-refractivity contribution in [2.24, 2.45) is 0 Å². The highest BCUT2D eigenvalue weighted by molar-refractivity contribution is 6.31. The third-order valence-corrected chi connectivity index (χ3v) is 2.17. The van der Waals surface area contributed by atoms with Crippen LogP contribution in [0.15, 0.2) is 18.2 Å². The summed E-state index contributed by atoms with van der Waals surface area (Å²) >= 11 is 5.84. The van der Waals surface area contributed by atoms with E-state index < -0.39 is 0 Å². The lowest BCUT2D eigenvalue weighted by molar-refractivity contribution is 0.308. The first-order valence-electron chi connectivity index (χ1n) is 4.57. The van der Waals surface area contributed by atoms with Crippen molar-refractivity contribution in [1.29, 1.82) is 0 Å². The Morgan fingerprint density at radius 3 is 3.14 bits per heavy atom. The van der Waals surface area contributed by atoms with Crippen LogP contribution >= 0.6 is 11.6 Å². The standard InChI is InChI=1S/C10H11ClN2O/c1-2-5-14-10-8-4-3-7(11)6-9(8)12-13-10/h3-4,6H,2,5H2,1H3,(H,12,13). The highest BCUT2D eigenvalue weighted by Gasteiger charge is 2.05. The zero-order chi connectivity index (χ0) is 9.97. The summed E-state index contributed by atoms with van der Waals surface area (Å²) in [5.74, 6) is 0.651. The first-order chi connectivity index (χ1) is 6.81. The normalized spacial score (nSPS) is 10.7. The minimum absolute atomic E-state index is 0.651. The van der Waals surface area contributed by atoms with E-state index in [4.69, 9.17) is 16.3 Å². The van der Waals surface area contributed by atoms with Gasteiger partial charge in [0.2, 0.25) is 5.88 Å². The van der Waals surface area contributed by atoms with Gasteiger partial charge < -0.3 is 4.74 Å². The van der Waals surface area contributed by atoms with Crippen LogP contribution in [0.2, 0.25) is 5.02 Å². The van der Waals surface area contributed by atoms with Gasteiger partial charge in [0.1, 0.15) is 0 Å². The zero-order valence-corrected chi connectivity index (χ0v) is 8.64. The minimum Gasteiger partial charge on any atom is -0.476 e. The summed E-state index contributed by atoms with van der Waals surface area (Å²) in [5, 5.41) is 8.62. The molecule has 3 nitrogen and oxygen atoms in total. The summed E-state index contributed by atoms with van der Waals surface area (Å²) in [5.41, 5.74) is 0.906. The molecule has 0 amide bonds. The summed E-state index contributed by atoms with van der Waals surface area (Å²) in [6, 6.07) is 5.58. The number of H-pyrrole nitrogens is 1. The van der Waals surface area contributed by atoms with Gasteiger partial charge in [0.05, 0.1) is 17.5 Å². The topological polar surface area (TPSA) is 37.9 Å². The Morgan fingerprint density at radius 1 is 1.50 bits per heavy atom. The van der Waals surface area contributed by atoms with Crippen molar-refractivity contribution < 1.29 is 4.74 Å². The predicted molar refractivity (Wildman–Crippen MR) is 56.9 cm³/mol. The van der Waals surface area contributed by atoms with Crippen molar-refractivity contribution >= 4 is 22.5 Å². The highest BCUT2D eigenvalue weighted by Crippen LogP contribution is 2.25. The van der Waals surface area contributed by atoms with E-state index in [0.717, 1.165) is 17.3 Å². The summed E-state index contributed by atoms with van der Waals surface area (Å²) in [6.07, 6.45) is 0.974. The molecule has 0 saturated heterocycles. The average Bonchev–Trinajstić information content (AvgIpc) is 2.57. The average molecular weight is 211 g/mol. The van der Waals surface area contributed by atoms with Crippen LogP contribution in [-0.4, -0.2) is 16.8 Å². The van der Waals surface area contributed by atoms with Crippen molar-refractivity contribution in [3.8, 4) is 5.88 Å². The SMILES string of the molecule is CCCOc1n[nH]c2cc(Cl)ccc12. The maximum absolute atomic E-state index is 5.84. The number of rotatable bonds is 3. The van der Waals surface area contributed by atoms with E-state index in [2.05, 4.69) is 17.1 Å². The molecule has 0 saturated carbocycles. The monoisotopic (exact) mass is 210 g/mol. The van der Waals surface area contributed by atoms with Gasteiger partial charge in [-0.1, -0.05) is 18.5 Å². The van der Waals surface area contributed by atoms with E-state index in [1.54, 1.807) is 0 Å². The molecule has 0 aliphatic rings. The van der Waals surface area contributed by atoms with Gasteiger partial charge in [-0.3, -0.25) is 5.10 Å². The first kappa shape index (κ1) is 9.34. The van der Waals surface area contributed by atoms with Crippen molar-refractivity contribution in [2.45, 2.75) is 13.3 Å². The zero-order valence-electron chi connectivity index (χ0n) is 7.88. The fraction of sp³-hybridized carbons (Fsp3) is 0.300. The fourth-order valence-electron chi connectivity index (χ4n) is 1.28. The molecule has 0 aliphatic carbocycles. The quantitative estimate of drug-likeness (QED) is 0.846. The summed E-state index contributed by atoms with van der Waals surface area (Å²) in [6.45, 7) is 2.74. The molecule has 1 heterocycles. The Labute approximate surface area is 87.0 Å². The Hall–Kier alpha value is -1.22. The van der Waals surface area contributed by atoms with E-state index in [1.807, 2.05) is 18.2 Å². The van der Waals surface area contributed by atoms with Crippen molar-refractivity contribution in [3.63, 3.8) is 0 Å². The smallest absolute Gasteiger partial charge is 0.240 e. The van der Waals surface area contributed by atoms with Crippen LogP contribution in [0.25, 0.3) is 10.9 Å². The second-order valence-electron chi connectivity index (χ2n) is 3.07. The number of fused-ring (bicyclic) bond motifs is 1. The molecular weight excluding hydrogens is 200 g/mol. The molecule has 0 unspecified atom stereocenters. The summed E-state index contributed by atoms with van der Waals surface area (Å²) in [4.78, 5) is 0. The molecule has 1 N–H and O–H groups in total. The van der Waals surface area contributed by atoms with Crippen LogP contribution in [0.4, 0.5) is 0 Å². The highest BCUT2D eigenvalue weighted by atomic mass is 35.5. The van der Waals surface area contributed by atoms with Crippen molar-refractivity contribution in [3.05, 3.63) is 23.2 Å². The maximum atomic E-state index is 5.84. The number of benzene rings is 1. The molecule has 1 aromatic heterocycles. The molecule has 0 radical (unpaired) electrons. The van der Waals surface area contributed by atoms with Gasteiger partial charge in [-0.05, 0) is 24.6 Å². The number of nitrogens with zero attached hydrogens (tertiary/aromatic N) is 1. The van der Waals surface area contributed by atoms with Crippen LogP contribution in [-0.2, 0) is 0 Å². The van der Waals surface area contributed by atoms with Crippen LogP contribution < -0.4 is 4.74 Å². The van der Waals surface area contributed by atoms with Crippen molar-refractivity contribution in [1.82, 2.24) is 10.2 Å². The summed E-state index contributed by atoms with van der Waals surface area (Å²) < 4.78 is 5.46. The molecule has 74 valence electrons. The van der Waals surface area contributed by atoms with Crippen LogP contribution in [0, 0.1) is 0 Å². The van der Waals surface area contributed by atoms with Gasteiger partial charge >= 0.3 is 0 Å². The number of aromatic nitrogens is 2. The second kappa shape index (κ2) is 3.88. The lowest BCUT2D eigenvalue weighted by Gasteiger charge is -1.99. The number of hydrogen-bond donors (Lipinski definition) is 1.